The number of amides is 2. The number of nitrogens with zero attached hydrogens (tertiary/aromatic N) is 5. The van der Waals surface area contributed by atoms with Gasteiger partial charge < -0.3 is 9.80 Å². The van der Waals surface area contributed by atoms with Crippen LogP contribution in [0.5, 0.6) is 0 Å². The smallest absolute Gasteiger partial charge is 0.297 e. The fourth-order valence-electron chi connectivity index (χ4n) is 4.68. The van der Waals surface area contributed by atoms with Crippen molar-refractivity contribution in [3.8, 4) is 0 Å². The summed E-state index contributed by atoms with van der Waals surface area (Å²) < 4.78 is 42.2. The molecule has 2 amide bonds. The first-order valence-electron chi connectivity index (χ1n) is 11.5. The van der Waals surface area contributed by atoms with E-state index in [-0.39, 0.29) is 30.7 Å². The van der Waals surface area contributed by atoms with Crippen molar-refractivity contribution in [2.24, 2.45) is 11.8 Å². The van der Waals surface area contributed by atoms with Crippen LogP contribution < -0.4 is 15.8 Å². The molecule has 3 N–H and O–H groups in total. The van der Waals surface area contributed by atoms with Crippen LogP contribution in [0.1, 0.15) is 51.3 Å². The molecule has 10 nitrogen and oxygen atoms in total. The van der Waals surface area contributed by atoms with Crippen LogP contribution in [0.4, 0.5) is 24.8 Å². The normalized spacial score (nSPS) is 20.4. The number of hydrogen-bond acceptors (Lipinski definition) is 8. The molecule has 2 aliphatic rings. The van der Waals surface area contributed by atoms with Gasteiger partial charge in [-0.05, 0) is 26.3 Å². The summed E-state index contributed by atoms with van der Waals surface area (Å²) in [5, 5.41) is 9.98. The second-order valence-electron chi connectivity index (χ2n) is 9.10. The number of anilines is 2. The number of nitrogens with one attached hydrogen (secondary N) is 2. The van der Waals surface area contributed by atoms with Crippen molar-refractivity contribution in [1.29, 1.82) is 0 Å². The molecule has 1 aliphatic carbocycles. The topological polar surface area (TPSA) is 114 Å². The van der Waals surface area contributed by atoms with Crippen LogP contribution in [-0.2, 0) is 9.59 Å². The number of hydrazine groups is 1. The summed E-state index contributed by atoms with van der Waals surface area (Å²) >= 11 is 0. The molecule has 2 heterocycles. The number of alkyl halides is 2. The average molecular weight is 488 g/mol. The zero-order valence-corrected chi connectivity index (χ0v) is 19.4. The van der Waals surface area contributed by atoms with E-state index < -0.39 is 35.7 Å². The van der Waals surface area contributed by atoms with Gasteiger partial charge in [0.05, 0.1) is 12.5 Å². The van der Waals surface area contributed by atoms with Crippen LogP contribution in [0.25, 0.3) is 0 Å². The Kier molecular flexibility index (Phi) is 8.89. The van der Waals surface area contributed by atoms with Gasteiger partial charge in [0.15, 0.2) is 17.5 Å². The zero-order valence-electron chi connectivity index (χ0n) is 19.4. The minimum absolute atomic E-state index is 0.175. The van der Waals surface area contributed by atoms with Gasteiger partial charge in [-0.2, -0.15) is 4.39 Å². The molecule has 190 valence electrons. The first-order chi connectivity index (χ1) is 16.2. The Morgan fingerprint density at radius 2 is 2.00 bits per heavy atom. The first-order valence-corrected chi connectivity index (χ1v) is 11.5. The van der Waals surface area contributed by atoms with Gasteiger partial charge in [0.1, 0.15) is 0 Å². The molecule has 13 heteroatoms. The monoisotopic (exact) mass is 487 g/mol. The van der Waals surface area contributed by atoms with Crippen molar-refractivity contribution in [3.63, 3.8) is 0 Å². The van der Waals surface area contributed by atoms with Crippen molar-refractivity contribution in [2.75, 3.05) is 43.6 Å². The van der Waals surface area contributed by atoms with Gasteiger partial charge in [-0.1, -0.05) is 25.7 Å². The fraction of sp³-hybridized carbons (Fsp3) is 0.714. The van der Waals surface area contributed by atoms with E-state index in [1.807, 2.05) is 18.9 Å². The van der Waals surface area contributed by atoms with Gasteiger partial charge in [-0.15, -0.1) is 0 Å². The molecular weight excluding hydrogens is 455 g/mol. The molecule has 0 bridgehead atoms. The van der Waals surface area contributed by atoms with Crippen LogP contribution in [0, 0.1) is 17.7 Å². The number of halogens is 3. The second kappa shape index (κ2) is 11.6. The predicted molar refractivity (Wildman–Crippen MR) is 118 cm³/mol. The van der Waals surface area contributed by atoms with Crippen LogP contribution in [0.15, 0.2) is 0 Å². The molecule has 1 saturated heterocycles. The number of aromatic nitrogens is 2. The summed E-state index contributed by atoms with van der Waals surface area (Å²) in [6, 6.07) is -0.175. The van der Waals surface area contributed by atoms with Gasteiger partial charge in [-0.3, -0.25) is 25.6 Å². The number of piperazine rings is 1. The summed E-state index contributed by atoms with van der Waals surface area (Å²) in [5.74, 6) is -3.76. The number of hydroxylamine groups is 2. The van der Waals surface area contributed by atoms with Gasteiger partial charge in [0.25, 0.3) is 6.43 Å². The molecule has 0 spiro atoms. The van der Waals surface area contributed by atoms with Gasteiger partial charge in [0.2, 0.25) is 18.1 Å². The molecule has 1 saturated carbocycles. The summed E-state index contributed by atoms with van der Waals surface area (Å²) in [4.78, 5) is 34.6. The van der Waals surface area contributed by atoms with E-state index in [0.717, 1.165) is 25.7 Å². The van der Waals surface area contributed by atoms with Gasteiger partial charge in [0, 0.05) is 25.7 Å². The van der Waals surface area contributed by atoms with E-state index in [1.165, 1.54) is 0 Å². The molecule has 1 aromatic rings. The molecule has 2 fully saturated rings. The average Bonchev–Trinajstić information content (AvgIpc) is 3.31. The van der Waals surface area contributed by atoms with Crippen molar-refractivity contribution in [2.45, 2.75) is 51.5 Å². The molecule has 2 atom stereocenters. The summed E-state index contributed by atoms with van der Waals surface area (Å²) in [7, 11) is 1.91. The van der Waals surface area contributed by atoms with Gasteiger partial charge in [-0.25, -0.2) is 23.8 Å². The Bertz CT molecular complexity index is 857. The second-order valence-corrected chi connectivity index (χ2v) is 9.10. The van der Waals surface area contributed by atoms with Crippen molar-refractivity contribution in [1.82, 2.24) is 25.4 Å². The Morgan fingerprint density at radius 1 is 1.29 bits per heavy atom. The highest BCUT2D eigenvalue weighted by atomic mass is 19.3. The molecule has 0 radical (unpaired) electrons. The molecule has 1 aliphatic heterocycles. The Labute approximate surface area is 196 Å². The van der Waals surface area contributed by atoms with E-state index in [2.05, 4.69) is 20.8 Å². The van der Waals surface area contributed by atoms with E-state index in [9.17, 15) is 23.6 Å². The summed E-state index contributed by atoms with van der Waals surface area (Å²) in [5.41, 5.74) is 4.64. The standard InChI is InChI=1S/C21H32F3N7O3/c1-13-10-29(2)7-8-31(13)20-16(22)18(25-19(26-20)17(23)24)27-28-21(33)15(11-30(34)12-32)9-14-5-3-4-6-14/h12-15,17,34H,3-11H2,1-2H3,(H,28,33)(H,25,26,27)/t13-,15-/m0/s1. The quantitative estimate of drug-likeness (QED) is 0.262. The van der Waals surface area contributed by atoms with E-state index >= 15 is 4.39 Å². The van der Waals surface area contributed by atoms with Crippen LogP contribution in [0.3, 0.4) is 0 Å². The van der Waals surface area contributed by atoms with Crippen LogP contribution in [0.2, 0.25) is 0 Å². The van der Waals surface area contributed by atoms with Crippen LogP contribution in [-0.4, -0.2) is 76.7 Å². The van der Waals surface area contributed by atoms with Crippen molar-refractivity contribution < 1.29 is 28.0 Å². The largest absolute Gasteiger partial charge is 0.349 e. The number of hydrogen-bond donors (Lipinski definition) is 3. The third-order valence-electron chi connectivity index (χ3n) is 6.45. The van der Waals surface area contributed by atoms with Crippen molar-refractivity contribution in [3.05, 3.63) is 11.6 Å². The number of likely N-dealkylation sites (N-methyl/N-ethyl adjacent to an activating group) is 1. The fourth-order valence-corrected chi connectivity index (χ4v) is 4.68. The molecule has 3 rings (SSSR count). The maximum atomic E-state index is 15.3. The lowest BCUT2D eigenvalue weighted by molar-refractivity contribution is -0.154. The maximum Gasteiger partial charge on any atom is 0.297 e. The first kappa shape index (κ1) is 25.9. The summed E-state index contributed by atoms with van der Waals surface area (Å²) in [6.45, 7) is 3.20. The predicted octanol–water partition coefficient (Wildman–Crippen LogP) is 2.18. The lowest BCUT2D eigenvalue weighted by Gasteiger charge is -2.39. The third kappa shape index (κ3) is 6.47. The molecule has 0 unspecified atom stereocenters. The van der Waals surface area contributed by atoms with Crippen molar-refractivity contribution >= 4 is 24.0 Å². The minimum Gasteiger partial charge on any atom is -0.349 e. The third-order valence-corrected chi connectivity index (χ3v) is 6.45. The van der Waals surface area contributed by atoms with E-state index in [1.54, 1.807) is 4.90 Å². The molecule has 34 heavy (non-hydrogen) atoms. The molecule has 1 aromatic heterocycles. The van der Waals surface area contributed by atoms with Gasteiger partial charge >= 0.3 is 0 Å². The summed E-state index contributed by atoms with van der Waals surface area (Å²) in [6.07, 6.45) is 1.56. The molecule has 0 aromatic carbocycles. The van der Waals surface area contributed by atoms with E-state index in [4.69, 9.17) is 0 Å². The van der Waals surface area contributed by atoms with E-state index in [0.29, 0.717) is 31.1 Å². The number of carbonyl (C=O) groups is 2. The lowest BCUT2D eigenvalue weighted by atomic mass is 9.92. The minimum atomic E-state index is -3.04. The molecular formula is C21H32F3N7O3. The Morgan fingerprint density at radius 3 is 2.62 bits per heavy atom. The number of carbonyl (C=O) groups excluding carboxylic acids is 2. The van der Waals surface area contributed by atoms with Crippen LogP contribution >= 0.6 is 0 Å². The highest BCUT2D eigenvalue weighted by molar-refractivity contribution is 5.80. The Hall–Kier alpha value is -2.67. The Balaban J connectivity index is 1.77. The highest BCUT2D eigenvalue weighted by Gasteiger charge is 2.30. The zero-order chi connectivity index (χ0) is 24.8. The maximum absolute atomic E-state index is 15.3. The number of rotatable bonds is 10. The highest BCUT2D eigenvalue weighted by Crippen LogP contribution is 2.31. The lowest BCUT2D eigenvalue weighted by Crippen LogP contribution is -2.51. The SMILES string of the molecule is C[C@H]1CN(C)CCN1c1nc(C(F)F)nc(NNC(=O)[C@@H](CC2CCCC2)CN(O)C=O)c1F.